The largest absolute Gasteiger partial charge is 0.320 e. The van der Waals surface area contributed by atoms with Gasteiger partial charge < -0.3 is 5.32 Å². The molecule has 0 aliphatic heterocycles. The Morgan fingerprint density at radius 3 is 2.25 bits per heavy atom. The van der Waals surface area contributed by atoms with Gasteiger partial charge in [0.2, 0.25) is 15.9 Å². The minimum absolute atomic E-state index is 0.0645. The highest BCUT2D eigenvalue weighted by Crippen LogP contribution is 2.22. The first kappa shape index (κ1) is 20.2. The Morgan fingerprint density at radius 2 is 1.71 bits per heavy atom. The van der Waals surface area contributed by atoms with Crippen molar-refractivity contribution in [2.24, 2.45) is 0 Å². The third kappa shape index (κ3) is 5.46. The van der Waals surface area contributed by atoms with E-state index in [-0.39, 0.29) is 22.3 Å². The Morgan fingerprint density at radius 1 is 1.11 bits per heavy atom. The summed E-state index contributed by atoms with van der Waals surface area (Å²) in [6, 6.07) is 6.44. The van der Waals surface area contributed by atoms with Gasteiger partial charge in [-0.3, -0.25) is 4.79 Å². The van der Waals surface area contributed by atoms with Gasteiger partial charge in [-0.25, -0.2) is 23.1 Å². The van der Waals surface area contributed by atoms with E-state index in [2.05, 4.69) is 20.0 Å². The molecule has 28 heavy (non-hydrogen) atoms. The molecule has 7 nitrogen and oxygen atoms in total. The average molecular weight is 401 g/mol. The SMILES string of the molecule is CC(C)(C)c1ncc(NC(=O)/C=C/c2ccc(S(=O)(=O)NC3CC3)cc2)cn1. The summed E-state index contributed by atoms with van der Waals surface area (Å²) < 4.78 is 26.9. The van der Waals surface area contributed by atoms with E-state index in [4.69, 9.17) is 0 Å². The summed E-state index contributed by atoms with van der Waals surface area (Å²) in [6.07, 6.45) is 7.92. The molecule has 0 saturated heterocycles. The summed E-state index contributed by atoms with van der Waals surface area (Å²) >= 11 is 0. The molecule has 1 aromatic carbocycles. The molecule has 0 spiro atoms. The minimum atomic E-state index is -3.47. The molecule has 148 valence electrons. The lowest BCUT2D eigenvalue weighted by Crippen LogP contribution is -2.25. The smallest absolute Gasteiger partial charge is 0.248 e. The van der Waals surface area contributed by atoms with E-state index in [1.165, 1.54) is 18.2 Å². The number of anilines is 1. The second kappa shape index (κ2) is 7.81. The molecule has 1 aromatic heterocycles. The lowest BCUT2D eigenvalue weighted by molar-refractivity contribution is -0.111. The minimum Gasteiger partial charge on any atom is -0.320 e. The monoisotopic (exact) mass is 400 g/mol. The third-order valence-corrected chi connectivity index (χ3v) is 5.64. The highest BCUT2D eigenvalue weighted by atomic mass is 32.2. The molecule has 2 N–H and O–H groups in total. The average Bonchev–Trinajstić information content (AvgIpc) is 3.43. The zero-order valence-electron chi connectivity index (χ0n) is 16.1. The first-order valence-corrected chi connectivity index (χ1v) is 10.6. The third-order valence-electron chi connectivity index (χ3n) is 4.11. The van der Waals surface area contributed by atoms with Gasteiger partial charge in [0.15, 0.2) is 0 Å². The number of carbonyl (C=O) groups excluding carboxylic acids is 1. The molecular formula is C20H24N4O3S. The molecule has 1 amide bonds. The quantitative estimate of drug-likeness (QED) is 0.726. The summed E-state index contributed by atoms with van der Waals surface area (Å²) in [5.41, 5.74) is 1.08. The molecule has 1 aliphatic carbocycles. The van der Waals surface area contributed by atoms with Gasteiger partial charge in [-0.2, -0.15) is 0 Å². The van der Waals surface area contributed by atoms with Crippen LogP contribution >= 0.6 is 0 Å². The summed E-state index contributed by atoms with van der Waals surface area (Å²) in [5.74, 6) is 0.381. The Kier molecular flexibility index (Phi) is 5.62. The van der Waals surface area contributed by atoms with Gasteiger partial charge >= 0.3 is 0 Å². The number of hydrogen-bond acceptors (Lipinski definition) is 5. The van der Waals surface area contributed by atoms with Crippen molar-refractivity contribution in [2.75, 3.05) is 5.32 Å². The number of nitrogens with one attached hydrogen (secondary N) is 2. The van der Waals surface area contributed by atoms with E-state index < -0.39 is 10.0 Å². The van der Waals surface area contributed by atoms with Gasteiger partial charge in [0.05, 0.1) is 23.0 Å². The first-order chi connectivity index (χ1) is 13.1. The zero-order valence-corrected chi connectivity index (χ0v) is 17.0. The predicted molar refractivity (Wildman–Crippen MR) is 108 cm³/mol. The Hall–Kier alpha value is -2.58. The van der Waals surface area contributed by atoms with Gasteiger partial charge in [0.1, 0.15) is 5.82 Å². The van der Waals surface area contributed by atoms with E-state index in [1.807, 2.05) is 20.8 Å². The maximum atomic E-state index is 12.1. The molecule has 1 fully saturated rings. The van der Waals surface area contributed by atoms with E-state index in [0.29, 0.717) is 11.5 Å². The number of rotatable bonds is 6. The fraction of sp³-hybridized carbons (Fsp3) is 0.350. The van der Waals surface area contributed by atoms with Crippen LogP contribution in [0.4, 0.5) is 5.69 Å². The number of sulfonamides is 1. The van der Waals surface area contributed by atoms with Crippen LogP contribution in [0.25, 0.3) is 6.08 Å². The van der Waals surface area contributed by atoms with Crippen molar-refractivity contribution in [1.29, 1.82) is 0 Å². The van der Waals surface area contributed by atoms with E-state index in [1.54, 1.807) is 30.6 Å². The molecule has 0 atom stereocenters. The van der Waals surface area contributed by atoms with Crippen molar-refractivity contribution < 1.29 is 13.2 Å². The lowest BCUT2D eigenvalue weighted by Gasteiger charge is -2.15. The van der Waals surface area contributed by atoms with Gasteiger partial charge in [0.25, 0.3) is 0 Å². The maximum absolute atomic E-state index is 12.1. The number of aromatic nitrogens is 2. The molecule has 0 bridgehead atoms. The summed E-state index contributed by atoms with van der Waals surface area (Å²) in [5, 5.41) is 2.70. The summed E-state index contributed by atoms with van der Waals surface area (Å²) in [6.45, 7) is 6.05. The van der Waals surface area contributed by atoms with Crippen molar-refractivity contribution >= 4 is 27.7 Å². The number of benzene rings is 1. The van der Waals surface area contributed by atoms with Crippen LogP contribution in [0.5, 0.6) is 0 Å². The molecule has 1 aliphatic rings. The molecular weight excluding hydrogens is 376 g/mol. The van der Waals surface area contributed by atoms with Crippen LogP contribution in [-0.4, -0.2) is 30.3 Å². The number of nitrogens with zero attached hydrogens (tertiary/aromatic N) is 2. The van der Waals surface area contributed by atoms with Crippen molar-refractivity contribution in [1.82, 2.24) is 14.7 Å². The molecule has 3 rings (SSSR count). The number of hydrogen-bond donors (Lipinski definition) is 2. The van der Waals surface area contributed by atoms with Crippen LogP contribution in [-0.2, 0) is 20.2 Å². The molecule has 0 radical (unpaired) electrons. The normalized spacial score (nSPS) is 15.0. The summed E-state index contributed by atoms with van der Waals surface area (Å²) in [7, 11) is -3.47. The lowest BCUT2D eigenvalue weighted by atomic mass is 9.96. The molecule has 8 heteroatoms. The fourth-order valence-corrected chi connectivity index (χ4v) is 3.69. The van der Waals surface area contributed by atoms with E-state index >= 15 is 0 Å². The van der Waals surface area contributed by atoms with Gasteiger partial charge in [-0.1, -0.05) is 32.9 Å². The van der Waals surface area contributed by atoms with Crippen LogP contribution < -0.4 is 10.0 Å². The van der Waals surface area contributed by atoms with E-state index in [0.717, 1.165) is 18.4 Å². The Balaban J connectivity index is 1.59. The van der Waals surface area contributed by atoms with Crippen LogP contribution in [0.15, 0.2) is 47.6 Å². The van der Waals surface area contributed by atoms with Crippen molar-refractivity contribution in [3.63, 3.8) is 0 Å². The van der Waals surface area contributed by atoms with Gasteiger partial charge in [-0.15, -0.1) is 0 Å². The second-order valence-electron chi connectivity index (χ2n) is 7.83. The highest BCUT2D eigenvalue weighted by molar-refractivity contribution is 7.89. The predicted octanol–water partition coefficient (Wildman–Crippen LogP) is 2.87. The molecule has 2 aromatic rings. The Labute approximate surface area is 165 Å². The van der Waals surface area contributed by atoms with Crippen molar-refractivity contribution in [2.45, 2.75) is 50.0 Å². The zero-order chi connectivity index (χ0) is 20.4. The maximum Gasteiger partial charge on any atom is 0.248 e. The van der Waals surface area contributed by atoms with Gasteiger partial charge in [0, 0.05) is 17.5 Å². The first-order valence-electron chi connectivity index (χ1n) is 9.07. The molecule has 1 saturated carbocycles. The fourth-order valence-electron chi connectivity index (χ4n) is 2.38. The van der Waals surface area contributed by atoms with Crippen LogP contribution in [0.3, 0.4) is 0 Å². The van der Waals surface area contributed by atoms with Crippen molar-refractivity contribution in [3.8, 4) is 0 Å². The second-order valence-corrected chi connectivity index (χ2v) is 9.55. The summed E-state index contributed by atoms with van der Waals surface area (Å²) in [4.78, 5) is 20.8. The van der Waals surface area contributed by atoms with Crippen LogP contribution in [0, 0.1) is 0 Å². The standard InChI is InChI=1S/C20H24N4O3S/c1-20(2,3)19-21-12-16(13-22-19)23-18(25)11-6-14-4-9-17(10-5-14)28(26,27)24-15-7-8-15/h4-6,9-13,15,24H,7-8H2,1-3H3,(H,23,25)/b11-6+. The topological polar surface area (TPSA) is 101 Å². The van der Waals surface area contributed by atoms with Crippen molar-refractivity contribution in [3.05, 3.63) is 54.1 Å². The van der Waals surface area contributed by atoms with Gasteiger partial charge in [-0.05, 0) is 36.6 Å². The van der Waals surface area contributed by atoms with E-state index in [9.17, 15) is 13.2 Å². The molecule has 1 heterocycles. The number of amides is 1. The number of carbonyl (C=O) groups is 1. The highest BCUT2D eigenvalue weighted by Gasteiger charge is 2.27. The van der Waals surface area contributed by atoms with Crippen LogP contribution in [0.1, 0.15) is 45.0 Å². The molecule has 0 unspecified atom stereocenters. The Bertz CT molecular complexity index is 972. The van der Waals surface area contributed by atoms with Crippen LogP contribution in [0.2, 0.25) is 0 Å².